The number of fused-ring (bicyclic) bond motifs is 4. The molecule has 0 saturated heterocycles. The Morgan fingerprint density at radius 1 is 0.444 bits per heavy atom. The third kappa shape index (κ3) is 5.60. The molecule has 54 heavy (non-hydrogen) atoms. The largest absolute Gasteiger partial charge is 0.292 e. The van der Waals surface area contributed by atoms with E-state index >= 15 is 0 Å². The third-order valence-corrected chi connectivity index (χ3v) is 10.1. The summed E-state index contributed by atoms with van der Waals surface area (Å²) in [5.74, 6) is 2.86. The fourth-order valence-electron chi connectivity index (χ4n) is 7.61. The smallest absolute Gasteiger partial charge is 0.165 e. The molecule has 254 valence electrons. The van der Waals surface area contributed by atoms with Crippen molar-refractivity contribution in [3.63, 3.8) is 0 Å². The van der Waals surface area contributed by atoms with E-state index < -0.39 is 0 Å². The maximum absolute atomic E-state index is 5.28. The molecule has 0 amide bonds. The van der Waals surface area contributed by atoms with Gasteiger partial charge in [-0.1, -0.05) is 170 Å². The molecule has 10 rings (SSSR count). The van der Waals surface area contributed by atoms with Crippen molar-refractivity contribution in [3.8, 4) is 39.9 Å². The number of hydrogen-bond acceptors (Lipinski definition) is 4. The van der Waals surface area contributed by atoms with Crippen LogP contribution in [-0.4, -0.2) is 24.5 Å². The number of para-hydroxylation sites is 3. The Morgan fingerprint density at radius 2 is 1.04 bits per heavy atom. The molecule has 2 bridgehead atoms. The normalized spacial score (nSPS) is 14.7. The average molecular weight is 692 g/mol. The first-order valence-electron chi connectivity index (χ1n) is 18.2. The van der Waals surface area contributed by atoms with Gasteiger partial charge in [-0.05, 0) is 46.5 Å². The van der Waals surface area contributed by atoms with Crippen molar-refractivity contribution in [2.75, 3.05) is 0 Å². The molecule has 0 N–H and O–H groups in total. The van der Waals surface area contributed by atoms with E-state index in [-0.39, 0.29) is 5.92 Å². The summed E-state index contributed by atoms with van der Waals surface area (Å²) < 4.78 is 2.24. The lowest BCUT2D eigenvalue weighted by molar-refractivity contribution is 1.03. The highest BCUT2D eigenvalue weighted by Crippen LogP contribution is 2.45. The van der Waals surface area contributed by atoms with Crippen LogP contribution < -0.4 is 0 Å². The van der Waals surface area contributed by atoms with Crippen molar-refractivity contribution in [1.29, 1.82) is 0 Å². The second kappa shape index (κ2) is 13.4. The molecule has 0 saturated carbocycles. The monoisotopic (exact) mass is 691 g/mol. The highest BCUT2D eigenvalue weighted by molar-refractivity contribution is 6.06. The van der Waals surface area contributed by atoms with E-state index in [0.29, 0.717) is 17.5 Å². The number of imidazole rings is 1. The van der Waals surface area contributed by atoms with Gasteiger partial charge < -0.3 is 0 Å². The number of hydrogen-bond donors (Lipinski definition) is 0. The molecule has 5 nitrogen and oxygen atoms in total. The van der Waals surface area contributed by atoms with E-state index in [1.165, 1.54) is 5.56 Å². The lowest BCUT2D eigenvalue weighted by atomic mass is 9.87. The minimum atomic E-state index is 0.0766. The van der Waals surface area contributed by atoms with E-state index in [1.807, 2.05) is 48.5 Å². The van der Waals surface area contributed by atoms with E-state index in [0.717, 1.165) is 67.1 Å². The first kappa shape index (κ1) is 31.5. The predicted molar refractivity (Wildman–Crippen MR) is 219 cm³/mol. The van der Waals surface area contributed by atoms with Crippen LogP contribution in [0.3, 0.4) is 0 Å². The van der Waals surface area contributed by atoms with E-state index in [4.69, 9.17) is 19.9 Å². The summed E-state index contributed by atoms with van der Waals surface area (Å²) in [5, 5.41) is 0. The summed E-state index contributed by atoms with van der Waals surface area (Å²) in [6, 6.07) is 56.5. The maximum atomic E-state index is 5.28. The van der Waals surface area contributed by atoms with Crippen LogP contribution in [0.5, 0.6) is 0 Å². The third-order valence-electron chi connectivity index (χ3n) is 10.1. The van der Waals surface area contributed by atoms with Gasteiger partial charge in [0.1, 0.15) is 5.82 Å². The molecule has 2 aliphatic carbocycles. The van der Waals surface area contributed by atoms with Crippen LogP contribution in [0.15, 0.2) is 200 Å². The zero-order valence-electron chi connectivity index (χ0n) is 29.3. The van der Waals surface area contributed by atoms with Gasteiger partial charge in [0.05, 0.1) is 11.0 Å². The zero-order chi connectivity index (χ0) is 35.8. The standard InChI is InChI=1S/C49H33N5/c1-4-16-34(17-5-1)46-51-47(35-18-6-2-7-19-35)53-48(52-46)45-41-25-13-12-24-40(41)37-20-10-11-21-38(32-37)44(45)33-28-30-36(31-29-33)49-50-42-26-14-15-27-43(42)54(49)39-22-8-3-9-23-39/h1-32,37H. The minimum absolute atomic E-state index is 0.0766. The van der Waals surface area contributed by atoms with Gasteiger partial charge >= 0.3 is 0 Å². The second-order valence-corrected chi connectivity index (χ2v) is 13.4. The average Bonchev–Trinajstić information content (AvgIpc) is 3.38. The Balaban J connectivity index is 1.22. The topological polar surface area (TPSA) is 56.5 Å². The first-order valence-corrected chi connectivity index (χ1v) is 18.2. The quantitative estimate of drug-likeness (QED) is 0.174. The van der Waals surface area contributed by atoms with Gasteiger partial charge in [-0.2, -0.15) is 0 Å². The van der Waals surface area contributed by atoms with E-state index in [2.05, 4.69) is 150 Å². The van der Waals surface area contributed by atoms with Crippen molar-refractivity contribution in [2.24, 2.45) is 0 Å². The number of benzene rings is 6. The Bertz CT molecular complexity index is 2730. The van der Waals surface area contributed by atoms with Gasteiger partial charge in [-0.15, -0.1) is 0 Å². The molecular formula is C49H33N5. The number of nitrogens with zero attached hydrogens (tertiary/aromatic N) is 5. The fraction of sp³-hybridized carbons (Fsp3) is 0.0204. The lowest BCUT2D eigenvalue weighted by Gasteiger charge is -2.19. The summed E-state index contributed by atoms with van der Waals surface area (Å²) >= 11 is 0. The molecule has 6 aromatic carbocycles. The second-order valence-electron chi connectivity index (χ2n) is 13.4. The minimum Gasteiger partial charge on any atom is -0.292 e. The van der Waals surface area contributed by atoms with Gasteiger partial charge in [-0.3, -0.25) is 4.57 Å². The van der Waals surface area contributed by atoms with Gasteiger partial charge in [0.2, 0.25) is 0 Å². The van der Waals surface area contributed by atoms with Crippen LogP contribution in [0.4, 0.5) is 0 Å². The zero-order valence-corrected chi connectivity index (χ0v) is 29.3. The Labute approximate surface area is 313 Å². The SMILES string of the molecule is C1=CC2=CC(C=C1)c1ccccc1C(c1nc(-c3ccccc3)nc(-c3ccccc3)n1)=C2c1ccc(-c2nc3ccccc3n2-c2ccccc2)cc1. The highest BCUT2D eigenvalue weighted by Gasteiger charge is 2.28. The lowest BCUT2D eigenvalue weighted by Crippen LogP contribution is -2.07. The molecule has 8 aromatic rings. The van der Waals surface area contributed by atoms with Gasteiger partial charge in [0.25, 0.3) is 0 Å². The van der Waals surface area contributed by atoms with E-state index in [9.17, 15) is 0 Å². The van der Waals surface area contributed by atoms with Gasteiger partial charge in [0.15, 0.2) is 17.5 Å². The van der Waals surface area contributed by atoms with Crippen LogP contribution in [0.25, 0.3) is 62.0 Å². The summed E-state index contributed by atoms with van der Waals surface area (Å²) in [6.07, 6.45) is 11.1. The van der Waals surface area contributed by atoms with Gasteiger partial charge in [-0.25, -0.2) is 19.9 Å². The number of aromatic nitrogens is 5. The predicted octanol–water partition coefficient (Wildman–Crippen LogP) is 11.3. The summed E-state index contributed by atoms with van der Waals surface area (Å²) in [6.45, 7) is 0. The van der Waals surface area contributed by atoms with Crippen molar-refractivity contribution in [3.05, 3.63) is 222 Å². The molecule has 0 spiro atoms. The molecule has 2 aliphatic rings. The fourth-order valence-corrected chi connectivity index (χ4v) is 7.61. The molecule has 1 atom stereocenters. The summed E-state index contributed by atoms with van der Waals surface area (Å²) in [7, 11) is 0. The van der Waals surface area contributed by atoms with Crippen molar-refractivity contribution in [2.45, 2.75) is 5.92 Å². The molecule has 2 aromatic heterocycles. The van der Waals surface area contributed by atoms with Gasteiger partial charge in [0, 0.05) is 39.4 Å². The number of allylic oxidation sites excluding steroid dienone is 7. The van der Waals surface area contributed by atoms with E-state index in [1.54, 1.807) is 0 Å². The van der Waals surface area contributed by atoms with Crippen LogP contribution in [0.1, 0.15) is 28.4 Å². The van der Waals surface area contributed by atoms with Crippen molar-refractivity contribution in [1.82, 2.24) is 24.5 Å². The van der Waals surface area contributed by atoms with Crippen LogP contribution >= 0.6 is 0 Å². The Morgan fingerprint density at radius 3 is 1.76 bits per heavy atom. The molecule has 0 fully saturated rings. The molecule has 2 heterocycles. The first-order chi connectivity index (χ1) is 26.8. The molecular weight excluding hydrogens is 659 g/mol. The Kier molecular flexibility index (Phi) is 7.81. The van der Waals surface area contributed by atoms with Crippen LogP contribution in [0, 0.1) is 0 Å². The maximum Gasteiger partial charge on any atom is 0.165 e. The van der Waals surface area contributed by atoms with Crippen LogP contribution in [0.2, 0.25) is 0 Å². The molecule has 0 radical (unpaired) electrons. The van der Waals surface area contributed by atoms with Crippen molar-refractivity contribution < 1.29 is 0 Å². The van der Waals surface area contributed by atoms with Crippen molar-refractivity contribution >= 4 is 22.2 Å². The molecule has 5 heteroatoms. The summed E-state index contributed by atoms with van der Waals surface area (Å²) in [5.41, 5.74) is 12.5. The summed E-state index contributed by atoms with van der Waals surface area (Å²) in [4.78, 5) is 20.7. The molecule has 0 aliphatic heterocycles. The highest BCUT2D eigenvalue weighted by atomic mass is 15.1. The number of rotatable bonds is 6. The van der Waals surface area contributed by atoms with Crippen LogP contribution in [-0.2, 0) is 0 Å². The molecule has 1 unspecified atom stereocenters. The Hall–Kier alpha value is -7.24.